The van der Waals surface area contributed by atoms with Gasteiger partial charge < -0.3 is 35.7 Å². The van der Waals surface area contributed by atoms with Crippen LogP contribution in [0.3, 0.4) is 0 Å². The molecule has 6 N–H and O–H groups in total. The van der Waals surface area contributed by atoms with Gasteiger partial charge in [0.15, 0.2) is 16.0 Å². The van der Waals surface area contributed by atoms with Crippen molar-refractivity contribution in [1.82, 2.24) is 29.3 Å². The fraction of sp³-hybridized carbons (Fsp3) is 0.419. The highest BCUT2D eigenvalue weighted by molar-refractivity contribution is 7.17. The standard InChI is InChI=1S/C31H39F3N10O4S2/c1-16(2)8-9-21-22(27(47)36-10-7-11-42(3)4)39-30(49-21)41-26(46)20-12-17(14-44(20)6)37-25(45)19-13-18(15-43(19)5)38-28(48)23-24(31(32,33)34)40-29(35)50-23/h12-16H,7-11H2,1-6H3,(H2,35,40)(H,36,47)(H,37,45)(H,38,48)(H,39,41,46). The highest BCUT2D eigenvalue weighted by Crippen LogP contribution is 2.35. The Morgan fingerprint density at radius 1 is 0.900 bits per heavy atom. The van der Waals surface area contributed by atoms with Gasteiger partial charge in [0.2, 0.25) is 0 Å². The number of anilines is 4. The van der Waals surface area contributed by atoms with Gasteiger partial charge in [-0.05, 0) is 58.0 Å². The number of amides is 4. The van der Waals surface area contributed by atoms with Crippen molar-refractivity contribution in [2.45, 2.75) is 39.3 Å². The van der Waals surface area contributed by atoms with Gasteiger partial charge in [0.1, 0.15) is 22.0 Å². The van der Waals surface area contributed by atoms with Gasteiger partial charge in [0.25, 0.3) is 23.6 Å². The summed E-state index contributed by atoms with van der Waals surface area (Å²) in [6.07, 6.45) is 0.245. The number of thiazole rings is 2. The lowest BCUT2D eigenvalue weighted by molar-refractivity contribution is -0.140. The predicted octanol–water partition coefficient (Wildman–Crippen LogP) is 4.90. The number of rotatable bonds is 14. The van der Waals surface area contributed by atoms with Crippen LogP contribution in [0.5, 0.6) is 0 Å². The Morgan fingerprint density at radius 2 is 1.48 bits per heavy atom. The van der Waals surface area contributed by atoms with Crippen LogP contribution >= 0.6 is 22.7 Å². The molecule has 14 nitrogen and oxygen atoms in total. The van der Waals surface area contributed by atoms with E-state index in [1.807, 2.05) is 19.0 Å². The van der Waals surface area contributed by atoms with Crippen molar-refractivity contribution in [3.05, 3.63) is 57.1 Å². The number of hydrogen-bond donors (Lipinski definition) is 5. The topological polar surface area (TPSA) is 181 Å². The van der Waals surface area contributed by atoms with E-state index in [1.165, 1.54) is 52.0 Å². The predicted molar refractivity (Wildman–Crippen MR) is 187 cm³/mol. The summed E-state index contributed by atoms with van der Waals surface area (Å²) >= 11 is 1.63. The molecule has 0 atom stereocenters. The molecule has 0 aromatic carbocycles. The quantitative estimate of drug-likeness (QED) is 0.113. The Balaban J connectivity index is 1.43. The number of nitrogens with one attached hydrogen (secondary N) is 4. The van der Waals surface area contributed by atoms with Crippen LogP contribution in [0.2, 0.25) is 0 Å². The van der Waals surface area contributed by atoms with E-state index in [2.05, 4.69) is 45.1 Å². The molecule has 0 radical (unpaired) electrons. The van der Waals surface area contributed by atoms with E-state index in [0.29, 0.717) is 30.2 Å². The molecule has 4 aromatic rings. The summed E-state index contributed by atoms with van der Waals surface area (Å²) in [4.78, 5) is 61.8. The molecule has 0 aliphatic heterocycles. The lowest BCUT2D eigenvalue weighted by atomic mass is 10.1. The van der Waals surface area contributed by atoms with Crippen molar-refractivity contribution in [3.63, 3.8) is 0 Å². The molecule has 0 aliphatic carbocycles. The molecule has 0 unspecified atom stereocenters. The van der Waals surface area contributed by atoms with E-state index < -0.39 is 39.6 Å². The van der Waals surface area contributed by atoms with E-state index in [4.69, 9.17) is 5.73 Å². The molecule has 4 rings (SSSR count). The first-order valence-corrected chi connectivity index (χ1v) is 17.1. The van der Waals surface area contributed by atoms with Gasteiger partial charge in [-0.15, -0.1) is 11.3 Å². The molecule has 50 heavy (non-hydrogen) atoms. The van der Waals surface area contributed by atoms with Crippen LogP contribution in [0.1, 0.15) is 78.4 Å². The molecule has 4 amide bonds. The number of aromatic nitrogens is 4. The molecule has 0 spiro atoms. The largest absolute Gasteiger partial charge is 0.435 e. The molecule has 4 heterocycles. The zero-order valence-electron chi connectivity index (χ0n) is 28.3. The minimum atomic E-state index is -4.88. The molecule has 270 valence electrons. The second kappa shape index (κ2) is 15.9. The van der Waals surface area contributed by atoms with E-state index in [0.717, 1.165) is 24.3 Å². The van der Waals surface area contributed by atoms with Crippen LogP contribution in [-0.2, 0) is 26.7 Å². The van der Waals surface area contributed by atoms with Crippen molar-refractivity contribution in [3.8, 4) is 0 Å². The maximum Gasteiger partial charge on any atom is 0.435 e. The average molecular weight is 737 g/mol. The molecule has 0 fully saturated rings. The third-order valence-electron chi connectivity index (χ3n) is 7.26. The number of hydrogen-bond acceptors (Lipinski definition) is 10. The second-order valence-corrected chi connectivity index (χ2v) is 14.3. The van der Waals surface area contributed by atoms with E-state index in [-0.39, 0.29) is 39.5 Å². The Labute approximate surface area is 294 Å². The van der Waals surface area contributed by atoms with Crippen molar-refractivity contribution in [2.24, 2.45) is 20.0 Å². The summed E-state index contributed by atoms with van der Waals surface area (Å²) in [5, 5.41) is 10.5. The Bertz CT molecular complexity index is 1870. The van der Waals surface area contributed by atoms with Crippen molar-refractivity contribution < 1.29 is 32.3 Å². The van der Waals surface area contributed by atoms with Crippen LogP contribution in [0.4, 0.5) is 34.8 Å². The summed E-state index contributed by atoms with van der Waals surface area (Å²) in [6.45, 7) is 5.48. The van der Waals surface area contributed by atoms with E-state index in [1.54, 1.807) is 7.05 Å². The number of carbonyl (C=O) groups excluding carboxylic acids is 4. The lowest BCUT2D eigenvalue weighted by Gasteiger charge is -2.10. The Morgan fingerprint density at radius 3 is 2.04 bits per heavy atom. The van der Waals surface area contributed by atoms with Crippen LogP contribution in [0, 0.1) is 5.92 Å². The first-order valence-electron chi connectivity index (χ1n) is 15.5. The first kappa shape index (κ1) is 38.1. The number of halogens is 3. The zero-order valence-corrected chi connectivity index (χ0v) is 30.0. The molecule has 0 bridgehead atoms. The molecular formula is C31H39F3N10O4S2. The van der Waals surface area contributed by atoms with Gasteiger partial charge in [-0.3, -0.25) is 24.5 Å². The van der Waals surface area contributed by atoms with Crippen LogP contribution in [-0.4, -0.2) is 74.8 Å². The summed E-state index contributed by atoms with van der Waals surface area (Å²) in [5.74, 6) is -2.10. The summed E-state index contributed by atoms with van der Waals surface area (Å²) in [5.41, 5.74) is 4.90. The maximum absolute atomic E-state index is 13.3. The zero-order chi connectivity index (χ0) is 36.9. The minimum Gasteiger partial charge on any atom is -0.375 e. The smallest absolute Gasteiger partial charge is 0.375 e. The van der Waals surface area contributed by atoms with Gasteiger partial charge in [-0.1, -0.05) is 25.2 Å². The van der Waals surface area contributed by atoms with Crippen LogP contribution < -0.4 is 27.0 Å². The lowest BCUT2D eigenvalue weighted by Crippen LogP contribution is -2.28. The highest BCUT2D eigenvalue weighted by Gasteiger charge is 2.39. The van der Waals surface area contributed by atoms with Gasteiger partial charge >= 0.3 is 6.18 Å². The first-order chi connectivity index (χ1) is 23.4. The van der Waals surface area contributed by atoms with E-state index >= 15 is 0 Å². The Kier molecular flexibility index (Phi) is 12.1. The van der Waals surface area contributed by atoms with Crippen molar-refractivity contribution in [2.75, 3.05) is 48.9 Å². The maximum atomic E-state index is 13.3. The van der Waals surface area contributed by atoms with Crippen molar-refractivity contribution >= 4 is 67.9 Å². The minimum absolute atomic E-state index is 0.0636. The van der Waals surface area contributed by atoms with Crippen LogP contribution in [0.15, 0.2) is 24.5 Å². The fourth-order valence-electron chi connectivity index (χ4n) is 4.80. The number of nitrogen functional groups attached to an aromatic ring is 1. The number of alkyl halides is 3. The summed E-state index contributed by atoms with van der Waals surface area (Å²) in [7, 11) is 7.05. The SMILES string of the molecule is CC(C)CCc1sc(NC(=O)c2cc(NC(=O)c3cc(NC(=O)c4sc(N)nc4C(F)(F)F)cn3C)cn2C)nc1C(=O)NCCCN(C)C. The van der Waals surface area contributed by atoms with Crippen LogP contribution in [0.25, 0.3) is 0 Å². The normalized spacial score (nSPS) is 11.7. The van der Waals surface area contributed by atoms with Gasteiger partial charge in [0, 0.05) is 37.9 Å². The monoisotopic (exact) mass is 736 g/mol. The van der Waals surface area contributed by atoms with Crippen molar-refractivity contribution in [1.29, 1.82) is 0 Å². The van der Waals surface area contributed by atoms with Gasteiger partial charge in [-0.25, -0.2) is 9.97 Å². The highest BCUT2D eigenvalue weighted by atomic mass is 32.1. The third kappa shape index (κ3) is 9.69. The summed E-state index contributed by atoms with van der Waals surface area (Å²) in [6, 6.07) is 2.74. The molecule has 0 aliphatic rings. The number of nitrogens with zero attached hydrogens (tertiary/aromatic N) is 5. The average Bonchev–Trinajstić information content (AvgIpc) is 3.79. The van der Waals surface area contributed by atoms with Gasteiger partial charge in [0.05, 0.1) is 11.4 Å². The molecular weight excluding hydrogens is 698 g/mol. The van der Waals surface area contributed by atoms with Gasteiger partial charge in [-0.2, -0.15) is 13.2 Å². The molecule has 19 heteroatoms. The molecule has 4 aromatic heterocycles. The molecule has 0 saturated heterocycles. The van der Waals surface area contributed by atoms with E-state index in [9.17, 15) is 32.3 Å². The third-order valence-corrected chi connectivity index (χ3v) is 9.17. The Hall–Kier alpha value is -4.75. The summed E-state index contributed by atoms with van der Waals surface area (Å²) < 4.78 is 42.8. The fourth-order valence-corrected chi connectivity index (χ4v) is 6.51. The number of nitrogens with two attached hydrogens (primary N) is 1. The second-order valence-electron chi connectivity index (χ2n) is 12.2. The molecule has 0 saturated carbocycles. The number of aryl methyl sites for hydroxylation is 3. The number of carbonyl (C=O) groups is 4.